The Hall–Kier alpha value is -1.48. The molecule has 0 aliphatic rings. The SMILES string of the molecule is C=C(OCC)C(=C)C(c1ccco1)C(C)[NH3+]. The van der Waals surface area contributed by atoms with Crippen LogP contribution in [-0.4, -0.2) is 12.6 Å². The summed E-state index contributed by atoms with van der Waals surface area (Å²) in [4.78, 5) is 0. The lowest BCUT2D eigenvalue weighted by atomic mass is 9.90. The van der Waals surface area contributed by atoms with Gasteiger partial charge in [0.1, 0.15) is 11.5 Å². The van der Waals surface area contributed by atoms with E-state index >= 15 is 0 Å². The van der Waals surface area contributed by atoms with E-state index < -0.39 is 0 Å². The number of ether oxygens (including phenoxy) is 1. The van der Waals surface area contributed by atoms with Crippen LogP contribution in [-0.2, 0) is 4.74 Å². The van der Waals surface area contributed by atoms with Crippen molar-refractivity contribution in [2.24, 2.45) is 0 Å². The van der Waals surface area contributed by atoms with E-state index in [1.807, 2.05) is 26.0 Å². The first kappa shape index (κ1) is 12.6. The molecule has 0 amide bonds. The van der Waals surface area contributed by atoms with Crippen molar-refractivity contribution in [3.8, 4) is 0 Å². The Morgan fingerprint density at radius 3 is 2.69 bits per heavy atom. The Morgan fingerprint density at radius 1 is 1.56 bits per heavy atom. The van der Waals surface area contributed by atoms with Gasteiger partial charge in [-0.15, -0.1) is 0 Å². The Kier molecular flexibility index (Phi) is 4.38. The Balaban J connectivity index is 2.87. The zero-order chi connectivity index (χ0) is 12.1. The third-order valence-corrected chi connectivity index (χ3v) is 2.47. The predicted octanol–water partition coefficient (Wildman–Crippen LogP) is 2.10. The molecule has 1 rings (SSSR count). The van der Waals surface area contributed by atoms with Gasteiger partial charge >= 0.3 is 0 Å². The van der Waals surface area contributed by atoms with E-state index in [4.69, 9.17) is 9.15 Å². The second-order valence-electron chi connectivity index (χ2n) is 3.85. The third-order valence-electron chi connectivity index (χ3n) is 2.47. The fourth-order valence-corrected chi connectivity index (χ4v) is 1.70. The lowest BCUT2D eigenvalue weighted by Gasteiger charge is -2.20. The molecule has 16 heavy (non-hydrogen) atoms. The first-order valence-electron chi connectivity index (χ1n) is 5.45. The van der Waals surface area contributed by atoms with Crippen LogP contribution >= 0.6 is 0 Å². The summed E-state index contributed by atoms with van der Waals surface area (Å²) in [6.45, 7) is 12.4. The molecule has 3 nitrogen and oxygen atoms in total. The van der Waals surface area contributed by atoms with Crippen LogP contribution in [0.4, 0.5) is 0 Å². The van der Waals surface area contributed by atoms with E-state index in [9.17, 15) is 0 Å². The van der Waals surface area contributed by atoms with E-state index in [0.29, 0.717) is 12.4 Å². The van der Waals surface area contributed by atoms with Gasteiger partial charge in [0, 0.05) is 5.57 Å². The molecular weight excluding hydrogens is 202 g/mol. The van der Waals surface area contributed by atoms with Crippen molar-refractivity contribution >= 4 is 0 Å². The van der Waals surface area contributed by atoms with Crippen LogP contribution in [0.2, 0.25) is 0 Å². The van der Waals surface area contributed by atoms with Gasteiger partial charge in [0.2, 0.25) is 0 Å². The zero-order valence-electron chi connectivity index (χ0n) is 10.0. The molecule has 2 unspecified atom stereocenters. The van der Waals surface area contributed by atoms with E-state index in [0.717, 1.165) is 11.3 Å². The molecule has 0 spiro atoms. The van der Waals surface area contributed by atoms with Gasteiger partial charge in [-0.2, -0.15) is 0 Å². The van der Waals surface area contributed by atoms with E-state index in [1.54, 1.807) is 6.26 Å². The molecule has 3 heteroatoms. The van der Waals surface area contributed by atoms with Crippen LogP contribution in [0.15, 0.2) is 47.3 Å². The summed E-state index contributed by atoms with van der Waals surface area (Å²) >= 11 is 0. The monoisotopic (exact) mass is 222 g/mol. The minimum absolute atomic E-state index is 0.0223. The molecule has 3 N–H and O–H groups in total. The van der Waals surface area contributed by atoms with Crippen LogP contribution in [0.25, 0.3) is 0 Å². The molecule has 0 saturated carbocycles. The van der Waals surface area contributed by atoms with E-state index in [-0.39, 0.29) is 12.0 Å². The molecule has 1 aromatic heterocycles. The molecule has 0 radical (unpaired) electrons. The minimum atomic E-state index is 0.0223. The molecule has 0 aromatic carbocycles. The third kappa shape index (κ3) is 2.76. The second-order valence-corrected chi connectivity index (χ2v) is 3.85. The van der Waals surface area contributed by atoms with Crippen molar-refractivity contribution in [3.63, 3.8) is 0 Å². The van der Waals surface area contributed by atoms with Crippen LogP contribution in [0.1, 0.15) is 25.5 Å². The van der Waals surface area contributed by atoms with Gasteiger partial charge in [0.05, 0.1) is 24.8 Å². The highest BCUT2D eigenvalue weighted by Gasteiger charge is 2.26. The number of rotatable bonds is 6. The summed E-state index contributed by atoms with van der Waals surface area (Å²) in [5.74, 6) is 1.49. The molecular formula is C13H20NO2+. The maximum absolute atomic E-state index is 5.41. The summed E-state index contributed by atoms with van der Waals surface area (Å²) < 4.78 is 10.8. The molecule has 0 saturated heterocycles. The summed E-state index contributed by atoms with van der Waals surface area (Å²) in [5.41, 5.74) is 4.87. The standard InChI is InChI=1S/C13H19NO2/c1-5-15-11(4)9(2)13(10(3)14)12-7-6-8-16-12/h6-8,10,13H,2,4-5,14H2,1,3H3/p+1. The van der Waals surface area contributed by atoms with Crippen LogP contribution in [0, 0.1) is 0 Å². The van der Waals surface area contributed by atoms with Gasteiger partial charge in [-0.1, -0.05) is 13.2 Å². The maximum Gasteiger partial charge on any atom is 0.117 e. The van der Waals surface area contributed by atoms with Gasteiger partial charge in [0.15, 0.2) is 0 Å². The van der Waals surface area contributed by atoms with E-state index in [2.05, 4.69) is 18.9 Å². The van der Waals surface area contributed by atoms with Crippen molar-refractivity contribution in [2.45, 2.75) is 25.8 Å². The molecule has 88 valence electrons. The lowest BCUT2D eigenvalue weighted by Crippen LogP contribution is -2.62. The number of allylic oxidation sites excluding steroid dienone is 1. The van der Waals surface area contributed by atoms with Gasteiger partial charge in [-0.3, -0.25) is 0 Å². The van der Waals surface area contributed by atoms with Gasteiger partial charge < -0.3 is 14.9 Å². The Morgan fingerprint density at radius 2 is 2.25 bits per heavy atom. The fourth-order valence-electron chi connectivity index (χ4n) is 1.70. The molecule has 0 aliphatic heterocycles. The Bertz CT molecular complexity index is 352. The summed E-state index contributed by atoms with van der Waals surface area (Å²) in [7, 11) is 0. The number of hydrogen-bond donors (Lipinski definition) is 1. The molecule has 0 fully saturated rings. The molecule has 2 atom stereocenters. The number of quaternary nitrogens is 1. The first-order valence-corrected chi connectivity index (χ1v) is 5.45. The fraction of sp³-hybridized carbons (Fsp3) is 0.385. The van der Waals surface area contributed by atoms with Crippen molar-refractivity contribution in [2.75, 3.05) is 6.61 Å². The van der Waals surface area contributed by atoms with Crippen molar-refractivity contribution in [1.82, 2.24) is 0 Å². The predicted molar refractivity (Wildman–Crippen MR) is 63.7 cm³/mol. The largest absolute Gasteiger partial charge is 0.494 e. The van der Waals surface area contributed by atoms with Crippen LogP contribution in [0.5, 0.6) is 0 Å². The average Bonchev–Trinajstić information content (AvgIpc) is 2.71. The minimum Gasteiger partial charge on any atom is -0.494 e. The van der Waals surface area contributed by atoms with Crippen LogP contribution < -0.4 is 5.73 Å². The van der Waals surface area contributed by atoms with Crippen molar-refractivity contribution < 1.29 is 14.9 Å². The zero-order valence-corrected chi connectivity index (χ0v) is 10.0. The molecule has 1 aromatic rings. The average molecular weight is 222 g/mol. The van der Waals surface area contributed by atoms with Gasteiger partial charge in [-0.05, 0) is 26.0 Å². The smallest absolute Gasteiger partial charge is 0.117 e. The Labute approximate surface area is 96.6 Å². The number of furan rings is 1. The summed E-state index contributed by atoms with van der Waals surface area (Å²) in [6.07, 6.45) is 1.65. The second kappa shape index (κ2) is 5.56. The van der Waals surface area contributed by atoms with Crippen LogP contribution in [0.3, 0.4) is 0 Å². The highest BCUT2D eigenvalue weighted by Crippen LogP contribution is 2.30. The number of hydrogen-bond acceptors (Lipinski definition) is 2. The van der Waals surface area contributed by atoms with Crippen molar-refractivity contribution in [3.05, 3.63) is 48.6 Å². The molecule has 1 heterocycles. The highest BCUT2D eigenvalue weighted by atomic mass is 16.5. The maximum atomic E-state index is 5.41. The van der Waals surface area contributed by atoms with Crippen molar-refractivity contribution in [1.29, 1.82) is 0 Å². The van der Waals surface area contributed by atoms with Gasteiger partial charge in [0.25, 0.3) is 0 Å². The molecule has 0 aliphatic carbocycles. The molecule has 0 bridgehead atoms. The first-order chi connectivity index (χ1) is 7.57. The quantitative estimate of drug-likeness (QED) is 0.592. The van der Waals surface area contributed by atoms with E-state index in [1.165, 1.54) is 0 Å². The lowest BCUT2D eigenvalue weighted by molar-refractivity contribution is -0.418. The van der Waals surface area contributed by atoms with Gasteiger partial charge in [-0.25, -0.2) is 0 Å². The highest BCUT2D eigenvalue weighted by molar-refractivity contribution is 5.32. The summed E-state index contributed by atoms with van der Waals surface area (Å²) in [5, 5.41) is 0. The summed E-state index contributed by atoms with van der Waals surface area (Å²) in [6, 6.07) is 3.94. The topological polar surface area (TPSA) is 50.0 Å². The normalized spacial score (nSPS) is 14.2.